The van der Waals surface area contributed by atoms with Crippen molar-refractivity contribution in [3.05, 3.63) is 59.4 Å². The van der Waals surface area contributed by atoms with Gasteiger partial charge in [-0.1, -0.05) is 30.3 Å². The highest BCUT2D eigenvalue weighted by atomic mass is 19.4. The van der Waals surface area contributed by atoms with E-state index in [-0.39, 0.29) is 5.56 Å². The van der Waals surface area contributed by atoms with E-state index < -0.39 is 28.9 Å². The first-order chi connectivity index (χ1) is 11.0. The molecular weight excluding hydrogens is 324 g/mol. The normalized spacial score (nSPS) is 12.2. The topological polar surface area (TPSA) is 37.3 Å². The zero-order valence-corrected chi connectivity index (χ0v) is 13.1. The first-order valence-electron chi connectivity index (χ1n) is 7.20. The van der Waals surface area contributed by atoms with Gasteiger partial charge in [0.2, 0.25) is 0 Å². The number of carbonyl (C=O) groups is 1. The van der Waals surface area contributed by atoms with Gasteiger partial charge in [0.1, 0.15) is 5.82 Å². The second kappa shape index (κ2) is 6.26. The molecule has 0 aromatic heterocycles. The lowest BCUT2D eigenvalue weighted by Crippen LogP contribution is -2.26. The van der Waals surface area contributed by atoms with Gasteiger partial charge >= 0.3 is 12.1 Å². The average molecular weight is 340 g/mol. The van der Waals surface area contributed by atoms with Gasteiger partial charge in [-0.3, -0.25) is 4.79 Å². The third-order valence-corrected chi connectivity index (χ3v) is 3.78. The van der Waals surface area contributed by atoms with E-state index in [1.54, 1.807) is 38.1 Å². The van der Waals surface area contributed by atoms with Crippen LogP contribution in [0.5, 0.6) is 0 Å². The summed E-state index contributed by atoms with van der Waals surface area (Å²) in [7, 11) is 0. The Morgan fingerprint density at radius 2 is 1.54 bits per heavy atom. The number of rotatable bonds is 4. The van der Waals surface area contributed by atoms with E-state index in [2.05, 4.69) is 0 Å². The summed E-state index contributed by atoms with van der Waals surface area (Å²) in [5.74, 6) is -2.24. The van der Waals surface area contributed by atoms with Crippen molar-refractivity contribution in [2.75, 3.05) is 0 Å². The Hall–Kier alpha value is -2.37. The molecule has 2 rings (SSSR count). The monoisotopic (exact) mass is 340 g/mol. The van der Waals surface area contributed by atoms with E-state index in [0.717, 1.165) is 17.7 Å². The number of carboxylic acids is 1. The van der Waals surface area contributed by atoms with E-state index in [1.165, 1.54) is 6.07 Å². The Morgan fingerprint density at radius 1 is 1.00 bits per heavy atom. The molecule has 0 aliphatic heterocycles. The van der Waals surface area contributed by atoms with Crippen LogP contribution in [-0.4, -0.2) is 11.1 Å². The number of halogens is 4. The molecule has 2 aromatic carbocycles. The van der Waals surface area contributed by atoms with E-state index in [0.29, 0.717) is 12.0 Å². The molecule has 0 amide bonds. The molecule has 0 bridgehead atoms. The van der Waals surface area contributed by atoms with Crippen molar-refractivity contribution in [1.82, 2.24) is 0 Å². The van der Waals surface area contributed by atoms with Gasteiger partial charge in [0.25, 0.3) is 0 Å². The summed E-state index contributed by atoms with van der Waals surface area (Å²) in [5.41, 5.74) is -0.758. The third-order valence-electron chi connectivity index (χ3n) is 3.78. The number of hydrogen-bond donors (Lipinski definition) is 1. The summed E-state index contributed by atoms with van der Waals surface area (Å²) in [4.78, 5) is 11.1. The number of carboxylic acid groups (broad SMARTS) is 1. The largest absolute Gasteiger partial charge is 0.481 e. The predicted molar refractivity (Wildman–Crippen MR) is 82.0 cm³/mol. The predicted octanol–water partition coefficient (Wildman–Crippen LogP) is 5.16. The van der Waals surface area contributed by atoms with Gasteiger partial charge in [-0.15, -0.1) is 0 Å². The maximum Gasteiger partial charge on any atom is 0.419 e. The Kier molecular flexibility index (Phi) is 4.69. The van der Waals surface area contributed by atoms with Crippen LogP contribution in [0, 0.1) is 11.2 Å². The Morgan fingerprint density at radius 3 is 2.04 bits per heavy atom. The van der Waals surface area contributed by atoms with Crippen molar-refractivity contribution in [1.29, 1.82) is 0 Å². The molecule has 0 heterocycles. The summed E-state index contributed by atoms with van der Waals surface area (Å²) < 4.78 is 51.7. The molecule has 0 aliphatic rings. The molecule has 0 saturated carbocycles. The summed E-state index contributed by atoms with van der Waals surface area (Å²) in [6.45, 7) is 3.19. The first kappa shape index (κ1) is 18.0. The molecule has 0 unspecified atom stereocenters. The van der Waals surface area contributed by atoms with Crippen molar-refractivity contribution in [3.8, 4) is 11.1 Å². The summed E-state index contributed by atoms with van der Waals surface area (Å²) in [6.07, 6.45) is -4.47. The summed E-state index contributed by atoms with van der Waals surface area (Å²) in [5, 5.41) is 9.13. The van der Waals surface area contributed by atoms with Crippen LogP contribution in [0.25, 0.3) is 11.1 Å². The summed E-state index contributed by atoms with van der Waals surface area (Å²) in [6, 6.07) is 9.36. The van der Waals surface area contributed by atoms with Crippen LogP contribution < -0.4 is 0 Å². The smallest absolute Gasteiger partial charge is 0.419 e. The van der Waals surface area contributed by atoms with E-state index in [1.807, 2.05) is 0 Å². The van der Waals surface area contributed by atoms with Crippen molar-refractivity contribution in [2.45, 2.75) is 26.4 Å². The van der Waals surface area contributed by atoms with Gasteiger partial charge in [0.15, 0.2) is 0 Å². The van der Waals surface area contributed by atoms with Crippen LogP contribution in [0.4, 0.5) is 17.6 Å². The van der Waals surface area contributed by atoms with E-state index >= 15 is 0 Å². The quantitative estimate of drug-likeness (QED) is 0.780. The molecule has 6 heteroatoms. The maximum absolute atomic E-state index is 13.3. The van der Waals surface area contributed by atoms with E-state index in [4.69, 9.17) is 5.11 Å². The van der Waals surface area contributed by atoms with Crippen LogP contribution >= 0.6 is 0 Å². The Labute approximate surface area is 136 Å². The molecule has 0 spiro atoms. The van der Waals surface area contributed by atoms with Gasteiger partial charge in [0.05, 0.1) is 11.0 Å². The SMILES string of the molecule is CC(C)(Cc1ccc(-c2ccc(F)c(C(F)(F)F)c2)cc1)C(=O)O. The van der Waals surface area contributed by atoms with Gasteiger partial charge < -0.3 is 5.11 Å². The molecule has 1 N–H and O–H groups in total. The summed E-state index contributed by atoms with van der Waals surface area (Å²) >= 11 is 0. The van der Waals surface area contributed by atoms with Crippen LogP contribution in [-0.2, 0) is 17.4 Å². The van der Waals surface area contributed by atoms with Crippen molar-refractivity contribution >= 4 is 5.97 Å². The highest BCUT2D eigenvalue weighted by molar-refractivity contribution is 5.74. The van der Waals surface area contributed by atoms with Crippen molar-refractivity contribution in [2.24, 2.45) is 5.41 Å². The molecule has 0 aliphatic carbocycles. The van der Waals surface area contributed by atoms with Crippen LogP contribution in [0.3, 0.4) is 0 Å². The lowest BCUT2D eigenvalue weighted by molar-refractivity contribution is -0.146. The minimum atomic E-state index is -4.76. The Balaban J connectivity index is 2.30. The fourth-order valence-corrected chi connectivity index (χ4v) is 2.32. The number of alkyl halides is 3. The van der Waals surface area contributed by atoms with Crippen molar-refractivity contribution in [3.63, 3.8) is 0 Å². The molecule has 0 atom stereocenters. The molecule has 24 heavy (non-hydrogen) atoms. The second-order valence-corrected chi connectivity index (χ2v) is 6.26. The number of aliphatic carboxylic acids is 1. The van der Waals surface area contributed by atoms with Gasteiger partial charge in [0, 0.05) is 0 Å². The third kappa shape index (κ3) is 3.93. The van der Waals surface area contributed by atoms with Crippen LogP contribution in [0.15, 0.2) is 42.5 Å². The average Bonchev–Trinajstić information content (AvgIpc) is 2.47. The Bertz CT molecular complexity index is 747. The molecule has 0 saturated heterocycles. The highest BCUT2D eigenvalue weighted by Gasteiger charge is 2.34. The second-order valence-electron chi connectivity index (χ2n) is 6.26. The molecular formula is C18H16F4O2. The van der Waals surface area contributed by atoms with Gasteiger partial charge in [-0.05, 0) is 49.1 Å². The van der Waals surface area contributed by atoms with Crippen LogP contribution in [0.2, 0.25) is 0 Å². The maximum atomic E-state index is 13.3. The van der Waals surface area contributed by atoms with Crippen molar-refractivity contribution < 1.29 is 27.5 Å². The molecule has 2 aromatic rings. The zero-order chi connectivity index (χ0) is 18.1. The minimum absolute atomic E-state index is 0.243. The fraction of sp³-hybridized carbons (Fsp3) is 0.278. The molecule has 128 valence electrons. The zero-order valence-electron chi connectivity index (χ0n) is 13.1. The first-order valence-corrected chi connectivity index (χ1v) is 7.20. The van der Waals surface area contributed by atoms with E-state index in [9.17, 15) is 22.4 Å². The fourth-order valence-electron chi connectivity index (χ4n) is 2.32. The van der Waals surface area contributed by atoms with Crippen LogP contribution in [0.1, 0.15) is 25.0 Å². The molecule has 0 radical (unpaired) electrons. The van der Waals surface area contributed by atoms with Gasteiger partial charge in [-0.2, -0.15) is 13.2 Å². The highest BCUT2D eigenvalue weighted by Crippen LogP contribution is 2.34. The minimum Gasteiger partial charge on any atom is -0.481 e. The lowest BCUT2D eigenvalue weighted by atomic mass is 9.85. The molecule has 0 fully saturated rings. The lowest BCUT2D eigenvalue weighted by Gasteiger charge is -2.19. The standard InChI is InChI=1S/C18H16F4O2/c1-17(2,16(23)24)10-11-3-5-12(6-4-11)13-7-8-15(19)14(9-13)18(20,21)22/h3-9H,10H2,1-2H3,(H,23,24). The number of benzene rings is 2. The number of hydrogen-bond acceptors (Lipinski definition) is 1. The molecule has 2 nitrogen and oxygen atoms in total. The van der Waals surface area contributed by atoms with Gasteiger partial charge in [-0.25, -0.2) is 4.39 Å².